The lowest BCUT2D eigenvalue weighted by atomic mass is 10.1. The van der Waals surface area contributed by atoms with Crippen molar-refractivity contribution in [1.82, 2.24) is 4.90 Å². The largest absolute Gasteiger partial charge is 0.460 e. The van der Waals surface area contributed by atoms with Crippen LogP contribution in [-0.4, -0.2) is 51.2 Å². The first-order valence-electron chi connectivity index (χ1n) is 5.54. The van der Waals surface area contributed by atoms with Gasteiger partial charge in [0, 0.05) is 26.8 Å². The highest BCUT2D eigenvalue weighted by Gasteiger charge is 2.10. The molecule has 0 aliphatic heterocycles. The number of carbonyl (C=O) groups excluding carboxylic acids is 2. The van der Waals surface area contributed by atoms with E-state index in [1.807, 2.05) is 0 Å². The van der Waals surface area contributed by atoms with E-state index in [-0.39, 0.29) is 12.5 Å². The van der Waals surface area contributed by atoms with Crippen LogP contribution in [0.1, 0.15) is 20.7 Å². The summed E-state index contributed by atoms with van der Waals surface area (Å²) in [7, 11) is 4.89. The number of benzene rings is 1. The second-order valence-electron chi connectivity index (χ2n) is 3.91. The number of esters is 1. The predicted octanol–water partition coefficient (Wildman–Crippen LogP) is 1.19. The van der Waals surface area contributed by atoms with E-state index in [0.717, 1.165) is 0 Å². The Morgan fingerprint density at radius 2 is 1.61 bits per heavy atom. The van der Waals surface area contributed by atoms with Crippen LogP contribution in [-0.2, 0) is 9.47 Å². The third kappa shape index (κ3) is 3.85. The molecule has 0 aromatic heterocycles. The molecule has 0 heterocycles. The van der Waals surface area contributed by atoms with Gasteiger partial charge in [0.05, 0.1) is 12.2 Å². The third-order valence-corrected chi connectivity index (χ3v) is 2.29. The fraction of sp³-hybridized carbons (Fsp3) is 0.385. The van der Waals surface area contributed by atoms with Crippen molar-refractivity contribution < 1.29 is 19.1 Å². The molecule has 5 nitrogen and oxygen atoms in total. The molecule has 0 fully saturated rings. The van der Waals surface area contributed by atoms with Gasteiger partial charge in [-0.3, -0.25) is 4.79 Å². The van der Waals surface area contributed by atoms with E-state index < -0.39 is 5.97 Å². The van der Waals surface area contributed by atoms with Gasteiger partial charge >= 0.3 is 5.97 Å². The molecule has 0 saturated heterocycles. The maximum absolute atomic E-state index is 11.6. The van der Waals surface area contributed by atoms with Crippen LogP contribution >= 0.6 is 0 Å². The molecule has 0 radical (unpaired) electrons. The summed E-state index contributed by atoms with van der Waals surface area (Å²) >= 11 is 0. The van der Waals surface area contributed by atoms with E-state index in [1.165, 1.54) is 12.0 Å². The number of carbonyl (C=O) groups is 2. The number of methoxy groups -OCH3 is 1. The van der Waals surface area contributed by atoms with Gasteiger partial charge in [-0.25, -0.2) is 4.79 Å². The van der Waals surface area contributed by atoms with E-state index in [2.05, 4.69) is 0 Å². The summed E-state index contributed by atoms with van der Waals surface area (Å²) in [4.78, 5) is 24.7. The van der Waals surface area contributed by atoms with Crippen molar-refractivity contribution >= 4 is 11.9 Å². The number of hydrogen-bond acceptors (Lipinski definition) is 4. The highest BCUT2D eigenvalue weighted by atomic mass is 16.6. The minimum atomic E-state index is -0.420. The van der Waals surface area contributed by atoms with Crippen LogP contribution in [0.2, 0.25) is 0 Å². The topological polar surface area (TPSA) is 55.8 Å². The molecule has 5 heteroatoms. The normalized spacial score (nSPS) is 9.94. The summed E-state index contributed by atoms with van der Waals surface area (Å²) in [6.45, 7) is 0.580. The van der Waals surface area contributed by atoms with Gasteiger partial charge in [0.1, 0.15) is 6.61 Å². The SMILES string of the molecule is COCCOC(=O)c1ccc(C(=O)N(C)C)cc1. The Morgan fingerprint density at radius 3 is 2.11 bits per heavy atom. The van der Waals surface area contributed by atoms with Crippen molar-refractivity contribution in [2.45, 2.75) is 0 Å². The van der Waals surface area contributed by atoms with Crippen LogP contribution in [0.3, 0.4) is 0 Å². The highest BCUT2D eigenvalue weighted by Crippen LogP contribution is 2.07. The summed E-state index contributed by atoms with van der Waals surface area (Å²) in [6, 6.07) is 6.36. The summed E-state index contributed by atoms with van der Waals surface area (Å²) in [5, 5.41) is 0. The predicted molar refractivity (Wildman–Crippen MR) is 66.6 cm³/mol. The van der Waals surface area contributed by atoms with Gasteiger partial charge in [-0.1, -0.05) is 0 Å². The van der Waals surface area contributed by atoms with Gasteiger partial charge in [-0.05, 0) is 24.3 Å². The second kappa shape index (κ2) is 6.76. The Hall–Kier alpha value is -1.88. The first kappa shape index (κ1) is 14.2. The first-order chi connectivity index (χ1) is 8.56. The molecule has 0 bridgehead atoms. The average molecular weight is 251 g/mol. The van der Waals surface area contributed by atoms with E-state index in [1.54, 1.807) is 38.4 Å². The van der Waals surface area contributed by atoms with Crippen molar-refractivity contribution in [2.24, 2.45) is 0 Å². The third-order valence-electron chi connectivity index (χ3n) is 2.29. The Morgan fingerprint density at radius 1 is 1.06 bits per heavy atom. The Labute approximate surface area is 106 Å². The number of rotatable bonds is 5. The van der Waals surface area contributed by atoms with Crippen LogP contribution in [0.5, 0.6) is 0 Å². The van der Waals surface area contributed by atoms with Gasteiger partial charge in [-0.15, -0.1) is 0 Å². The van der Waals surface area contributed by atoms with E-state index in [9.17, 15) is 9.59 Å². The number of amides is 1. The van der Waals surface area contributed by atoms with Crippen molar-refractivity contribution in [3.8, 4) is 0 Å². The molecular formula is C13H17NO4. The molecule has 1 amide bonds. The van der Waals surface area contributed by atoms with Gasteiger partial charge in [0.15, 0.2) is 0 Å². The first-order valence-corrected chi connectivity index (χ1v) is 5.54. The maximum atomic E-state index is 11.6. The zero-order chi connectivity index (χ0) is 13.5. The molecular weight excluding hydrogens is 234 g/mol. The van der Waals surface area contributed by atoms with Crippen molar-refractivity contribution in [2.75, 3.05) is 34.4 Å². The van der Waals surface area contributed by atoms with Crippen molar-refractivity contribution in [3.05, 3.63) is 35.4 Å². The Balaban J connectivity index is 2.65. The second-order valence-corrected chi connectivity index (χ2v) is 3.91. The lowest BCUT2D eigenvalue weighted by Gasteiger charge is -2.10. The number of ether oxygens (including phenoxy) is 2. The molecule has 0 saturated carbocycles. The van der Waals surface area contributed by atoms with Crippen LogP contribution in [0.15, 0.2) is 24.3 Å². The zero-order valence-electron chi connectivity index (χ0n) is 10.8. The quantitative estimate of drug-likeness (QED) is 0.582. The van der Waals surface area contributed by atoms with Gasteiger partial charge in [0.2, 0.25) is 0 Å². The van der Waals surface area contributed by atoms with Crippen molar-refractivity contribution in [1.29, 1.82) is 0 Å². The molecule has 1 rings (SSSR count). The highest BCUT2D eigenvalue weighted by molar-refractivity contribution is 5.95. The van der Waals surface area contributed by atoms with Gasteiger partial charge in [-0.2, -0.15) is 0 Å². The lowest BCUT2D eigenvalue weighted by Crippen LogP contribution is -2.21. The Kier molecular flexibility index (Phi) is 5.32. The fourth-order valence-corrected chi connectivity index (χ4v) is 1.31. The van der Waals surface area contributed by atoms with Crippen LogP contribution in [0.25, 0.3) is 0 Å². The minimum absolute atomic E-state index is 0.102. The standard InChI is InChI=1S/C13H17NO4/c1-14(2)12(15)10-4-6-11(7-5-10)13(16)18-9-8-17-3/h4-7H,8-9H2,1-3H3. The average Bonchev–Trinajstić information content (AvgIpc) is 2.38. The zero-order valence-corrected chi connectivity index (χ0v) is 10.8. The van der Waals surface area contributed by atoms with Gasteiger partial charge < -0.3 is 14.4 Å². The minimum Gasteiger partial charge on any atom is -0.460 e. The lowest BCUT2D eigenvalue weighted by molar-refractivity contribution is 0.0388. The smallest absolute Gasteiger partial charge is 0.338 e. The van der Waals surface area contributed by atoms with Crippen molar-refractivity contribution in [3.63, 3.8) is 0 Å². The van der Waals surface area contributed by atoms with E-state index in [4.69, 9.17) is 9.47 Å². The number of nitrogens with zero attached hydrogens (tertiary/aromatic N) is 1. The monoisotopic (exact) mass is 251 g/mol. The fourth-order valence-electron chi connectivity index (χ4n) is 1.31. The molecule has 98 valence electrons. The summed E-state index contributed by atoms with van der Waals surface area (Å²) in [5.41, 5.74) is 0.954. The summed E-state index contributed by atoms with van der Waals surface area (Å²) in [5.74, 6) is -0.523. The molecule has 0 aliphatic rings. The van der Waals surface area contributed by atoms with Crippen LogP contribution in [0, 0.1) is 0 Å². The maximum Gasteiger partial charge on any atom is 0.338 e. The van der Waals surface area contributed by atoms with E-state index in [0.29, 0.717) is 17.7 Å². The summed E-state index contributed by atoms with van der Waals surface area (Å²) < 4.78 is 9.73. The molecule has 18 heavy (non-hydrogen) atoms. The molecule has 0 unspecified atom stereocenters. The molecule has 0 spiro atoms. The molecule has 1 aromatic rings. The van der Waals surface area contributed by atoms with E-state index >= 15 is 0 Å². The molecule has 0 atom stereocenters. The molecule has 0 aliphatic carbocycles. The summed E-state index contributed by atoms with van der Waals surface area (Å²) in [6.07, 6.45) is 0. The molecule has 1 aromatic carbocycles. The number of hydrogen-bond donors (Lipinski definition) is 0. The van der Waals surface area contributed by atoms with Gasteiger partial charge in [0.25, 0.3) is 5.91 Å². The van der Waals surface area contributed by atoms with Crippen LogP contribution < -0.4 is 0 Å². The Bertz CT molecular complexity index is 412. The molecule has 0 N–H and O–H groups in total. The van der Waals surface area contributed by atoms with Crippen LogP contribution in [0.4, 0.5) is 0 Å².